The van der Waals surface area contributed by atoms with Crippen LogP contribution in [0.1, 0.15) is 36.5 Å². The maximum Gasteiger partial charge on any atom is 0.293 e. The van der Waals surface area contributed by atoms with Crippen LogP contribution in [0.2, 0.25) is 0 Å². The van der Waals surface area contributed by atoms with Gasteiger partial charge in [-0.2, -0.15) is 0 Å². The van der Waals surface area contributed by atoms with Crippen molar-refractivity contribution in [2.75, 3.05) is 45.2 Å². The van der Waals surface area contributed by atoms with Gasteiger partial charge in [-0.25, -0.2) is 0 Å². The molecule has 1 N–H and O–H groups in total. The molecular weight excluding hydrogens is 348 g/mol. The van der Waals surface area contributed by atoms with E-state index in [-0.39, 0.29) is 17.6 Å². The molecule has 0 saturated carbocycles. The zero-order valence-corrected chi connectivity index (χ0v) is 16.0. The van der Waals surface area contributed by atoms with E-state index in [1.165, 1.54) is 18.9 Å². The van der Waals surface area contributed by atoms with Crippen molar-refractivity contribution in [3.8, 4) is 0 Å². The number of methoxy groups -OCH3 is 1. The number of nitrogens with one attached hydrogen (secondary N) is 1. The average molecular weight is 376 g/mol. The van der Waals surface area contributed by atoms with Gasteiger partial charge < -0.3 is 15.0 Å². The fourth-order valence-electron chi connectivity index (χ4n) is 4.08. The normalized spacial score (nSPS) is 23.0. The van der Waals surface area contributed by atoms with E-state index in [0.29, 0.717) is 37.0 Å². The Morgan fingerprint density at radius 1 is 1.37 bits per heavy atom. The van der Waals surface area contributed by atoms with Gasteiger partial charge in [-0.05, 0) is 51.4 Å². The number of ether oxygens (including phenoxy) is 1. The smallest absolute Gasteiger partial charge is 0.293 e. The van der Waals surface area contributed by atoms with E-state index >= 15 is 0 Å². The number of carbonyl (C=O) groups excluding carboxylic acids is 1. The Balaban J connectivity index is 1.73. The second kappa shape index (κ2) is 8.67. The molecule has 2 unspecified atom stereocenters. The van der Waals surface area contributed by atoms with Gasteiger partial charge in [-0.1, -0.05) is 0 Å². The molecule has 2 saturated heterocycles. The third kappa shape index (κ3) is 4.39. The molecule has 148 valence electrons. The van der Waals surface area contributed by atoms with Crippen molar-refractivity contribution >= 4 is 17.3 Å². The number of anilines is 1. The minimum Gasteiger partial charge on any atom is -0.383 e. The molecule has 0 radical (unpaired) electrons. The molecule has 1 aromatic carbocycles. The highest BCUT2D eigenvalue weighted by Gasteiger charge is 2.37. The van der Waals surface area contributed by atoms with Crippen molar-refractivity contribution in [3.63, 3.8) is 0 Å². The van der Waals surface area contributed by atoms with Crippen molar-refractivity contribution in [1.82, 2.24) is 9.80 Å². The van der Waals surface area contributed by atoms with E-state index in [9.17, 15) is 14.9 Å². The van der Waals surface area contributed by atoms with Crippen molar-refractivity contribution < 1.29 is 14.5 Å². The van der Waals surface area contributed by atoms with Gasteiger partial charge in [0.2, 0.25) is 0 Å². The van der Waals surface area contributed by atoms with Crippen LogP contribution >= 0.6 is 0 Å². The summed E-state index contributed by atoms with van der Waals surface area (Å²) < 4.78 is 4.96. The highest BCUT2D eigenvalue weighted by molar-refractivity contribution is 5.96. The monoisotopic (exact) mass is 376 g/mol. The third-order valence-electron chi connectivity index (χ3n) is 5.53. The number of amides is 1. The van der Waals surface area contributed by atoms with Crippen LogP contribution in [0.5, 0.6) is 0 Å². The van der Waals surface area contributed by atoms with Gasteiger partial charge in [0.05, 0.1) is 11.5 Å². The highest BCUT2D eigenvalue weighted by atomic mass is 16.6. The molecule has 0 aromatic heterocycles. The van der Waals surface area contributed by atoms with E-state index in [4.69, 9.17) is 4.74 Å². The number of nitro benzene ring substituents is 1. The lowest BCUT2D eigenvalue weighted by atomic mass is 10.1. The van der Waals surface area contributed by atoms with Crippen LogP contribution in [0, 0.1) is 10.1 Å². The third-order valence-corrected chi connectivity index (χ3v) is 5.53. The first-order valence-corrected chi connectivity index (χ1v) is 9.57. The number of nitrogens with zero attached hydrogens (tertiary/aromatic N) is 3. The Morgan fingerprint density at radius 3 is 2.78 bits per heavy atom. The van der Waals surface area contributed by atoms with Gasteiger partial charge in [-0.3, -0.25) is 19.8 Å². The summed E-state index contributed by atoms with van der Waals surface area (Å²) in [6.45, 7) is 5.87. The summed E-state index contributed by atoms with van der Waals surface area (Å²) in [6.07, 6.45) is 3.41. The SMILES string of the molecule is COCCNc1ccc(C(=O)N2CC(N3CCCC3)CC2C)cc1[N+](=O)[O-]. The summed E-state index contributed by atoms with van der Waals surface area (Å²) in [5, 5.41) is 14.4. The van der Waals surface area contributed by atoms with Crippen molar-refractivity contribution in [2.45, 2.75) is 38.3 Å². The van der Waals surface area contributed by atoms with Crippen molar-refractivity contribution in [1.29, 1.82) is 0 Å². The first-order valence-electron chi connectivity index (χ1n) is 9.57. The number of likely N-dealkylation sites (tertiary alicyclic amines) is 2. The van der Waals surface area contributed by atoms with Crippen molar-refractivity contribution in [2.24, 2.45) is 0 Å². The molecule has 27 heavy (non-hydrogen) atoms. The first-order chi connectivity index (χ1) is 13.0. The lowest BCUT2D eigenvalue weighted by Gasteiger charge is -2.24. The summed E-state index contributed by atoms with van der Waals surface area (Å²) in [5.74, 6) is -0.129. The Kier molecular flexibility index (Phi) is 6.28. The van der Waals surface area contributed by atoms with Crippen LogP contribution < -0.4 is 5.32 Å². The predicted octanol–water partition coefficient (Wildman–Crippen LogP) is 2.35. The Bertz CT molecular complexity index is 690. The lowest BCUT2D eigenvalue weighted by molar-refractivity contribution is -0.384. The van der Waals surface area contributed by atoms with E-state index in [1.807, 2.05) is 4.90 Å². The number of rotatable bonds is 7. The van der Waals surface area contributed by atoms with Crippen LogP contribution in [0.4, 0.5) is 11.4 Å². The second-order valence-corrected chi connectivity index (χ2v) is 7.35. The number of carbonyl (C=O) groups is 1. The van der Waals surface area contributed by atoms with Crippen molar-refractivity contribution in [3.05, 3.63) is 33.9 Å². The van der Waals surface area contributed by atoms with Gasteiger partial charge in [-0.15, -0.1) is 0 Å². The molecule has 1 amide bonds. The molecule has 2 atom stereocenters. The summed E-state index contributed by atoms with van der Waals surface area (Å²) in [6, 6.07) is 5.20. The average Bonchev–Trinajstić information content (AvgIpc) is 3.31. The molecule has 3 rings (SSSR count). The lowest BCUT2D eigenvalue weighted by Crippen LogP contribution is -2.38. The van der Waals surface area contributed by atoms with Gasteiger partial charge in [0, 0.05) is 43.9 Å². The summed E-state index contributed by atoms with van der Waals surface area (Å²) in [7, 11) is 1.57. The summed E-state index contributed by atoms with van der Waals surface area (Å²) in [5.41, 5.74) is 0.686. The molecule has 0 aliphatic carbocycles. The highest BCUT2D eigenvalue weighted by Crippen LogP contribution is 2.29. The van der Waals surface area contributed by atoms with E-state index in [2.05, 4.69) is 17.1 Å². The van der Waals surface area contributed by atoms with Crippen LogP contribution in [-0.2, 0) is 4.74 Å². The van der Waals surface area contributed by atoms with Crippen LogP contribution in [0.15, 0.2) is 18.2 Å². The summed E-state index contributed by atoms with van der Waals surface area (Å²) >= 11 is 0. The quantitative estimate of drug-likeness (QED) is 0.446. The number of hydrogen-bond donors (Lipinski definition) is 1. The maximum absolute atomic E-state index is 13.0. The molecular formula is C19H28N4O4. The molecule has 2 aliphatic heterocycles. The predicted molar refractivity (Wildman–Crippen MR) is 103 cm³/mol. The second-order valence-electron chi connectivity index (χ2n) is 7.35. The van der Waals surface area contributed by atoms with Gasteiger partial charge in [0.1, 0.15) is 5.69 Å². The maximum atomic E-state index is 13.0. The minimum absolute atomic E-state index is 0.0834. The molecule has 2 fully saturated rings. The Labute approximate surface area is 159 Å². The van der Waals surface area contributed by atoms with E-state index < -0.39 is 4.92 Å². The topological polar surface area (TPSA) is 88.0 Å². The summed E-state index contributed by atoms with van der Waals surface area (Å²) in [4.78, 5) is 28.3. The molecule has 2 aliphatic rings. The van der Waals surface area contributed by atoms with Crippen LogP contribution in [0.3, 0.4) is 0 Å². The van der Waals surface area contributed by atoms with E-state index in [1.54, 1.807) is 19.2 Å². The number of benzene rings is 1. The molecule has 8 nitrogen and oxygen atoms in total. The minimum atomic E-state index is -0.452. The van der Waals surface area contributed by atoms with Gasteiger partial charge in [0.15, 0.2) is 0 Å². The molecule has 8 heteroatoms. The molecule has 0 bridgehead atoms. The fourth-order valence-corrected chi connectivity index (χ4v) is 4.08. The van der Waals surface area contributed by atoms with E-state index in [0.717, 1.165) is 19.5 Å². The zero-order valence-electron chi connectivity index (χ0n) is 16.0. The first kappa shape index (κ1) is 19.6. The van der Waals surface area contributed by atoms with Crippen LogP contribution in [0.25, 0.3) is 0 Å². The molecule has 1 aromatic rings. The number of nitro groups is 1. The van der Waals surface area contributed by atoms with Gasteiger partial charge in [0.25, 0.3) is 11.6 Å². The van der Waals surface area contributed by atoms with Gasteiger partial charge >= 0.3 is 0 Å². The van der Waals surface area contributed by atoms with Crippen LogP contribution in [-0.4, -0.2) is 72.6 Å². The molecule has 2 heterocycles. The fraction of sp³-hybridized carbons (Fsp3) is 0.632. The molecule has 0 spiro atoms. The number of hydrogen-bond acceptors (Lipinski definition) is 6. The standard InChI is InChI=1S/C19H28N4O4/c1-14-11-16(21-8-3-4-9-21)13-22(14)19(24)15-5-6-17(20-7-10-27-2)18(12-15)23(25)26/h5-6,12,14,16,20H,3-4,7-11,13H2,1-2H3. The Morgan fingerprint density at radius 2 is 2.11 bits per heavy atom. The largest absolute Gasteiger partial charge is 0.383 e. The Hall–Kier alpha value is -2.19. The zero-order chi connectivity index (χ0) is 19.4.